The maximum Gasteiger partial charge on any atom is 0.00476 e. The fraction of sp³-hybridized carbons (Fsp3) is 1.00. The predicted octanol–water partition coefficient (Wildman–Crippen LogP) is 2.06. The highest BCUT2D eigenvalue weighted by atomic mass is 15.2. The summed E-state index contributed by atoms with van der Waals surface area (Å²) in [7, 11) is 2.24. The van der Waals surface area contributed by atoms with Crippen LogP contribution in [0.4, 0.5) is 0 Å². The first kappa shape index (κ1) is 12.0. The van der Waals surface area contributed by atoms with Gasteiger partial charge < -0.3 is 9.80 Å². The van der Waals surface area contributed by atoms with Crippen molar-refractivity contribution in [2.45, 2.75) is 40.2 Å². The van der Waals surface area contributed by atoms with Crippen LogP contribution in [0.2, 0.25) is 0 Å². The van der Waals surface area contributed by atoms with Crippen molar-refractivity contribution in [3.8, 4) is 0 Å². The monoisotopic (exact) mass is 198 g/mol. The molecule has 2 nitrogen and oxygen atoms in total. The van der Waals surface area contributed by atoms with Gasteiger partial charge in [0.25, 0.3) is 0 Å². The van der Waals surface area contributed by atoms with Gasteiger partial charge in [0, 0.05) is 19.1 Å². The highest BCUT2D eigenvalue weighted by Gasteiger charge is 2.26. The molecule has 1 saturated heterocycles. The maximum atomic E-state index is 2.62. The second kappa shape index (κ2) is 4.63. The van der Waals surface area contributed by atoms with Gasteiger partial charge in [-0.05, 0) is 45.8 Å². The Labute approximate surface area is 89.3 Å². The van der Waals surface area contributed by atoms with E-state index in [-0.39, 0.29) is 0 Å². The molecule has 0 saturated carbocycles. The van der Waals surface area contributed by atoms with Crippen molar-refractivity contribution in [2.24, 2.45) is 5.41 Å². The highest BCUT2D eigenvalue weighted by molar-refractivity contribution is 4.81. The van der Waals surface area contributed by atoms with E-state index >= 15 is 0 Å². The van der Waals surface area contributed by atoms with Crippen molar-refractivity contribution < 1.29 is 0 Å². The molecule has 0 spiro atoms. The van der Waals surface area contributed by atoms with Crippen LogP contribution >= 0.6 is 0 Å². The zero-order valence-corrected chi connectivity index (χ0v) is 10.5. The number of rotatable bonds is 1. The molecule has 0 atom stereocenters. The molecule has 0 radical (unpaired) electrons. The zero-order chi connectivity index (χ0) is 10.8. The summed E-state index contributed by atoms with van der Waals surface area (Å²) in [6.07, 6.45) is 1.31. The smallest absolute Gasteiger partial charge is 0.00476 e. The molecule has 1 fully saturated rings. The van der Waals surface area contributed by atoms with Crippen molar-refractivity contribution in [3.63, 3.8) is 0 Å². The molecule has 0 aromatic heterocycles. The molecule has 1 aliphatic heterocycles. The first-order valence-corrected chi connectivity index (χ1v) is 5.83. The average Bonchev–Trinajstić information content (AvgIpc) is 1.98. The molecule has 14 heavy (non-hydrogen) atoms. The molecule has 0 aliphatic carbocycles. The third-order valence-corrected chi connectivity index (χ3v) is 3.04. The van der Waals surface area contributed by atoms with Crippen LogP contribution in [-0.2, 0) is 0 Å². The van der Waals surface area contributed by atoms with Crippen LogP contribution in [0.15, 0.2) is 0 Å². The summed E-state index contributed by atoms with van der Waals surface area (Å²) in [6, 6.07) is 0.692. The summed E-state index contributed by atoms with van der Waals surface area (Å²) in [5.41, 5.74) is 0.430. The first-order chi connectivity index (χ1) is 6.41. The predicted molar refractivity (Wildman–Crippen MR) is 62.6 cm³/mol. The van der Waals surface area contributed by atoms with E-state index in [1.807, 2.05) is 0 Å². The zero-order valence-electron chi connectivity index (χ0n) is 10.5. The molecule has 0 bridgehead atoms. The lowest BCUT2D eigenvalue weighted by Gasteiger charge is -2.40. The minimum atomic E-state index is 0.430. The van der Waals surface area contributed by atoms with Crippen LogP contribution in [0.25, 0.3) is 0 Å². The van der Waals surface area contributed by atoms with Crippen LogP contribution in [0.1, 0.15) is 34.1 Å². The maximum absolute atomic E-state index is 2.62. The van der Waals surface area contributed by atoms with E-state index in [1.165, 1.54) is 32.6 Å². The van der Waals surface area contributed by atoms with Gasteiger partial charge in [-0.3, -0.25) is 0 Å². The van der Waals surface area contributed by atoms with Gasteiger partial charge in [0.2, 0.25) is 0 Å². The van der Waals surface area contributed by atoms with Crippen LogP contribution in [0.5, 0.6) is 0 Å². The van der Waals surface area contributed by atoms with Crippen LogP contribution in [-0.4, -0.2) is 49.1 Å². The van der Waals surface area contributed by atoms with Crippen molar-refractivity contribution in [1.29, 1.82) is 0 Å². The topological polar surface area (TPSA) is 6.48 Å². The van der Waals surface area contributed by atoms with Gasteiger partial charge in [0.15, 0.2) is 0 Å². The van der Waals surface area contributed by atoms with Gasteiger partial charge in [-0.1, -0.05) is 13.8 Å². The van der Waals surface area contributed by atoms with Gasteiger partial charge >= 0.3 is 0 Å². The van der Waals surface area contributed by atoms with Crippen LogP contribution in [0, 0.1) is 5.41 Å². The minimum Gasteiger partial charge on any atom is -0.306 e. The van der Waals surface area contributed by atoms with Crippen LogP contribution in [0.3, 0.4) is 0 Å². The average molecular weight is 198 g/mol. The summed E-state index contributed by atoms with van der Waals surface area (Å²) in [4.78, 5) is 5.09. The van der Waals surface area contributed by atoms with Crippen molar-refractivity contribution in [2.75, 3.05) is 33.2 Å². The van der Waals surface area contributed by atoms with Gasteiger partial charge in [-0.25, -0.2) is 0 Å². The van der Waals surface area contributed by atoms with E-state index in [0.717, 1.165) is 0 Å². The molecule has 0 N–H and O–H groups in total. The lowest BCUT2D eigenvalue weighted by molar-refractivity contribution is 0.0847. The van der Waals surface area contributed by atoms with E-state index in [1.54, 1.807) is 0 Å². The van der Waals surface area contributed by atoms with Crippen molar-refractivity contribution >= 4 is 0 Å². The lowest BCUT2D eigenvalue weighted by atomic mass is 9.90. The highest BCUT2D eigenvalue weighted by Crippen LogP contribution is 2.21. The van der Waals surface area contributed by atoms with Gasteiger partial charge in [-0.15, -0.1) is 0 Å². The minimum absolute atomic E-state index is 0.430. The second-order valence-corrected chi connectivity index (χ2v) is 5.82. The summed E-state index contributed by atoms with van der Waals surface area (Å²) < 4.78 is 0. The molecule has 2 heteroatoms. The van der Waals surface area contributed by atoms with Gasteiger partial charge in [0.1, 0.15) is 0 Å². The summed E-state index contributed by atoms with van der Waals surface area (Å²) in [5.74, 6) is 0. The summed E-state index contributed by atoms with van der Waals surface area (Å²) >= 11 is 0. The third-order valence-electron chi connectivity index (χ3n) is 3.04. The van der Waals surface area contributed by atoms with Crippen molar-refractivity contribution in [3.05, 3.63) is 0 Å². The molecular formula is C12H26N2. The molecule has 0 unspecified atom stereocenters. The molecule has 1 aliphatic rings. The summed E-state index contributed by atoms with van der Waals surface area (Å²) in [5, 5.41) is 0. The molecule has 84 valence electrons. The Morgan fingerprint density at radius 1 is 1.07 bits per heavy atom. The quantitative estimate of drug-likeness (QED) is 0.636. The summed E-state index contributed by atoms with van der Waals surface area (Å²) in [6.45, 7) is 14.3. The Bertz CT molecular complexity index is 175. The number of hydrogen-bond acceptors (Lipinski definition) is 2. The van der Waals surface area contributed by atoms with Crippen molar-refractivity contribution in [1.82, 2.24) is 9.80 Å². The van der Waals surface area contributed by atoms with Crippen LogP contribution < -0.4 is 0 Å². The lowest BCUT2D eigenvalue weighted by Crippen LogP contribution is -2.47. The van der Waals surface area contributed by atoms with E-state index in [9.17, 15) is 0 Å². The Hall–Kier alpha value is -0.0800. The standard InChI is InChI=1S/C12H26N2/c1-11(2)14-8-6-7-13(5)9-12(3,4)10-14/h11H,6-10H2,1-5H3. The van der Waals surface area contributed by atoms with E-state index in [0.29, 0.717) is 11.5 Å². The number of hydrogen-bond donors (Lipinski definition) is 0. The molecule has 0 aromatic rings. The Balaban J connectivity index is 2.60. The molecule has 1 rings (SSSR count). The van der Waals surface area contributed by atoms with E-state index in [4.69, 9.17) is 0 Å². The third kappa shape index (κ3) is 3.58. The Kier molecular flexibility index (Phi) is 3.96. The fourth-order valence-electron chi connectivity index (χ4n) is 2.47. The second-order valence-electron chi connectivity index (χ2n) is 5.82. The number of nitrogens with zero attached hydrogens (tertiary/aromatic N) is 2. The van der Waals surface area contributed by atoms with Gasteiger partial charge in [-0.2, -0.15) is 0 Å². The van der Waals surface area contributed by atoms with E-state index < -0.39 is 0 Å². The Morgan fingerprint density at radius 2 is 1.71 bits per heavy atom. The molecule has 1 heterocycles. The molecular weight excluding hydrogens is 172 g/mol. The molecule has 0 aromatic carbocycles. The Morgan fingerprint density at radius 3 is 2.29 bits per heavy atom. The van der Waals surface area contributed by atoms with Gasteiger partial charge in [0.05, 0.1) is 0 Å². The SMILES string of the molecule is CC(C)N1CCCN(C)CC(C)(C)C1. The first-order valence-electron chi connectivity index (χ1n) is 5.83. The fourth-order valence-corrected chi connectivity index (χ4v) is 2.47. The molecule has 0 amide bonds. The van der Waals surface area contributed by atoms with E-state index in [2.05, 4.69) is 44.5 Å². The normalized spacial score (nSPS) is 26.1. The largest absolute Gasteiger partial charge is 0.306 e.